The second-order valence-corrected chi connectivity index (χ2v) is 11.5. The fourth-order valence-electron chi connectivity index (χ4n) is 5.62. The number of halogens is 1. The van der Waals surface area contributed by atoms with E-state index in [0.29, 0.717) is 41.0 Å². The lowest BCUT2D eigenvalue weighted by Gasteiger charge is -2.24. The minimum Gasteiger partial charge on any atom is -0.456 e. The number of hydrogen-bond acceptors (Lipinski definition) is 9. The van der Waals surface area contributed by atoms with Gasteiger partial charge in [-0.1, -0.05) is 23.7 Å². The Morgan fingerprint density at radius 1 is 1.13 bits per heavy atom. The van der Waals surface area contributed by atoms with E-state index in [4.69, 9.17) is 35.9 Å². The van der Waals surface area contributed by atoms with Gasteiger partial charge in [0.25, 0.3) is 6.01 Å². The van der Waals surface area contributed by atoms with Gasteiger partial charge in [0.15, 0.2) is 11.8 Å². The largest absolute Gasteiger partial charge is 0.456 e. The van der Waals surface area contributed by atoms with Crippen molar-refractivity contribution in [3.63, 3.8) is 0 Å². The Bertz CT molecular complexity index is 1510. The van der Waals surface area contributed by atoms with Crippen LogP contribution in [-0.2, 0) is 22.6 Å². The molecule has 7 rings (SSSR count). The Morgan fingerprint density at radius 2 is 1.92 bits per heavy atom. The van der Waals surface area contributed by atoms with Crippen molar-refractivity contribution in [2.45, 2.75) is 57.0 Å². The van der Waals surface area contributed by atoms with Crippen molar-refractivity contribution in [2.75, 3.05) is 19.8 Å². The van der Waals surface area contributed by atoms with Gasteiger partial charge in [0, 0.05) is 37.0 Å². The molecule has 0 bridgehead atoms. The molecule has 2 fully saturated rings. The van der Waals surface area contributed by atoms with Gasteiger partial charge < -0.3 is 29.4 Å². The van der Waals surface area contributed by atoms with Gasteiger partial charge in [0.2, 0.25) is 0 Å². The van der Waals surface area contributed by atoms with Crippen LogP contribution in [0, 0.1) is 0 Å². The number of aliphatic hydroxyl groups is 2. The van der Waals surface area contributed by atoms with Gasteiger partial charge >= 0.3 is 0 Å². The number of imidazole rings is 1. The Hall–Kier alpha value is -3.06. The lowest BCUT2D eigenvalue weighted by Crippen LogP contribution is -2.35. The van der Waals surface area contributed by atoms with E-state index in [1.807, 2.05) is 49.0 Å². The number of aromatic nitrogens is 5. The summed E-state index contributed by atoms with van der Waals surface area (Å²) >= 11 is 6.61. The van der Waals surface area contributed by atoms with Crippen molar-refractivity contribution in [2.24, 2.45) is 0 Å². The molecule has 3 N–H and O–H groups in total. The Kier molecular flexibility index (Phi) is 5.92. The highest BCUT2D eigenvalue weighted by Crippen LogP contribution is 2.33. The van der Waals surface area contributed by atoms with E-state index in [9.17, 15) is 10.2 Å². The molecule has 3 aliphatic heterocycles. The minimum atomic E-state index is -0.735. The van der Waals surface area contributed by atoms with Crippen molar-refractivity contribution < 1.29 is 24.4 Å². The summed E-state index contributed by atoms with van der Waals surface area (Å²) in [5.74, 6) is 0. The number of ether oxygens (including phenoxy) is 3. The quantitative estimate of drug-likeness (QED) is 0.330. The van der Waals surface area contributed by atoms with E-state index < -0.39 is 11.7 Å². The maximum atomic E-state index is 10.1. The van der Waals surface area contributed by atoms with Gasteiger partial charge in [-0.15, -0.1) is 0 Å². The van der Waals surface area contributed by atoms with Gasteiger partial charge in [-0.25, -0.2) is 9.67 Å². The standard InChI is InChI=1S/C27H29ClN6O5/c1-27(2,36)13-33-8-15-9-34(32-19(15)10-33)16-5-3-14(4-6-16)22-17(28)7-18-25(30-22)31-26(29-18)39-21-12-38-23-20(35)11-37-24(21)23/h3-7,9,20-21,23-24,35-36H,8,10-13H2,1-2H3,(H,29,30,31)/t20-,21-,23-,24?/m1/s1. The molecule has 1 aromatic carbocycles. The Labute approximate surface area is 229 Å². The molecule has 0 saturated carbocycles. The van der Waals surface area contributed by atoms with E-state index in [0.717, 1.165) is 30.0 Å². The minimum absolute atomic E-state index is 0.235. The van der Waals surface area contributed by atoms with Gasteiger partial charge in [0.1, 0.15) is 18.3 Å². The van der Waals surface area contributed by atoms with Crippen LogP contribution in [0.4, 0.5) is 0 Å². The summed E-state index contributed by atoms with van der Waals surface area (Å²) in [5, 5.41) is 25.3. The van der Waals surface area contributed by atoms with Crippen molar-refractivity contribution >= 4 is 22.8 Å². The number of aromatic amines is 1. The van der Waals surface area contributed by atoms with Crippen LogP contribution < -0.4 is 4.74 Å². The normalized spacial score (nSPS) is 24.9. The summed E-state index contributed by atoms with van der Waals surface area (Å²) in [4.78, 5) is 14.5. The van der Waals surface area contributed by atoms with Crippen LogP contribution in [0.5, 0.6) is 6.01 Å². The molecular formula is C27H29ClN6O5. The van der Waals surface area contributed by atoms with Crippen LogP contribution >= 0.6 is 11.6 Å². The van der Waals surface area contributed by atoms with Crippen LogP contribution in [0.15, 0.2) is 36.5 Å². The van der Waals surface area contributed by atoms with Crippen LogP contribution in [0.25, 0.3) is 28.1 Å². The first-order valence-corrected chi connectivity index (χ1v) is 13.4. The molecule has 204 valence electrons. The summed E-state index contributed by atoms with van der Waals surface area (Å²) < 4.78 is 19.1. The summed E-state index contributed by atoms with van der Waals surface area (Å²) in [6.45, 7) is 6.29. The predicted octanol–water partition coefficient (Wildman–Crippen LogP) is 2.46. The van der Waals surface area contributed by atoms with E-state index in [1.165, 1.54) is 5.56 Å². The number of nitrogens with one attached hydrogen (secondary N) is 1. The number of hydrogen-bond donors (Lipinski definition) is 3. The number of nitrogens with zero attached hydrogens (tertiary/aromatic N) is 5. The maximum absolute atomic E-state index is 10.1. The van der Waals surface area contributed by atoms with E-state index in [-0.39, 0.29) is 24.9 Å². The summed E-state index contributed by atoms with van der Waals surface area (Å²) in [5.41, 5.74) is 5.01. The lowest BCUT2D eigenvalue weighted by molar-refractivity contribution is 0.00706. The number of benzene rings is 1. The first-order valence-electron chi connectivity index (χ1n) is 13.0. The van der Waals surface area contributed by atoms with E-state index in [2.05, 4.69) is 14.9 Å². The highest BCUT2D eigenvalue weighted by atomic mass is 35.5. The first-order chi connectivity index (χ1) is 18.7. The molecule has 12 heteroatoms. The number of aliphatic hydroxyl groups excluding tert-OH is 1. The predicted molar refractivity (Wildman–Crippen MR) is 142 cm³/mol. The average molecular weight is 553 g/mol. The SMILES string of the molecule is CC(C)(O)CN1Cc2cn(-c3ccc(-c4nc5nc(O[C@@H]6CO[C@H]7C6OC[C@H]7O)[nH]c5cc4Cl)cc3)nc2C1. The Morgan fingerprint density at radius 3 is 2.69 bits per heavy atom. The van der Waals surface area contributed by atoms with Crippen molar-refractivity contribution in [1.82, 2.24) is 29.6 Å². The average Bonchev–Trinajstić information content (AvgIpc) is 3.67. The monoisotopic (exact) mass is 552 g/mol. The third kappa shape index (κ3) is 4.69. The van der Waals surface area contributed by atoms with Crippen LogP contribution in [0.3, 0.4) is 0 Å². The fraction of sp³-hybridized carbons (Fsp3) is 0.444. The number of H-pyrrole nitrogens is 1. The van der Waals surface area contributed by atoms with Gasteiger partial charge in [-0.2, -0.15) is 10.1 Å². The van der Waals surface area contributed by atoms with Crippen LogP contribution in [-0.4, -0.2) is 89.6 Å². The number of fused-ring (bicyclic) bond motifs is 3. The molecular weight excluding hydrogens is 524 g/mol. The maximum Gasteiger partial charge on any atom is 0.296 e. The van der Waals surface area contributed by atoms with Gasteiger partial charge in [-0.3, -0.25) is 4.90 Å². The second kappa shape index (κ2) is 9.26. The molecule has 6 heterocycles. The van der Waals surface area contributed by atoms with Crippen molar-refractivity contribution in [3.05, 3.63) is 52.8 Å². The summed E-state index contributed by atoms with van der Waals surface area (Å²) in [6.07, 6.45) is 0.326. The van der Waals surface area contributed by atoms with Crippen molar-refractivity contribution in [3.8, 4) is 23.0 Å². The zero-order valence-corrected chi connectivity index (χ0v) is 22.3. The topological polar surface area (TPSA) is 131 Å². The molecule has 0 radical (unpaired) electrons. The molecule has 11 nitrogen and oxygen atoms in total. The Balaban J connectivity index is 1.07. The van der Waals surface area contributed by atoms with Crippen LogP contribution in [0.2, 0.25) is 5.02 Å². The molecule has 39 heavy (non-hydrogen) atoms. The molecule has 4 atom stereocenters. The first kappa shape index (κ1) is 24.9. The molecule has 1 unspecified atom stereocenters. The van der Waals surface area contributed by atoms with Gasteiger partial charge in [-0.05, 0) is 32.0 Å². The zero-order valence-electron chi connectivity index (χ0n) is 21.5. The number of pyridine rings is 1. The van der Waals surface area contributed by atoms with Gasteiger partial charge in [0.05, 0.1) is 46.4 Å². The molecule has 0 spiro atoms. The lowest BCUT2D eigenvalue weighted by atomic mass is 10.1. The summed E-state index contributed by atoms with van der Waals surface area (Å²) in [7, 11) is 0. The second-order valence-electron chi connectivity index (χ2n) is 11.1. The highest BCUT2D eigenvalue weighted by molar-refractivity contribution is 6.33. The van der Waals surface area contributed by atoms with E-state index >= 15 is 0 Å². The third-order valence-electron chi connectivity index (χ3n) is 7.31. The fourth-order valence-corrected chi connectivity index (χ4v) is 5.89. The van der Waals surface area contributed by atoms with E-state index in [1.54, 1.807) is 6.07 Å². The third-order valence-corrected chi connectivity index (χ3v) is 7.60. The smallest absolute Gasteiger partial charge is 0.296 e. The molecule has 0 aliphatic carbocycles. The van der Waals surface area contributed by atoms with Crippen molar-refractivity contribution in [1.29, 1.82) is 0 Å². The highest BCUT2D eigenvalue weighted by Gasteiger charge is 2.48. The number of β-amino-alcohol motifs (C(OH)–C–C–N with tert-alkyl or cyclic N) is 1. The molecule has 4 aromatic rings. The molecule has 3 aliphatic rings. The molecule has 2 saturated heterocycles. The number of rotatable bonds is 6. The molecule has 3 aromatic heterocycles. The zero-order chi connectivity index (χ0) is 26.9. The van der Waals surface area contributed by atoms with Crippen LogP contribution in [0.1, 0.15) is 25.1 Å². The molecule has 0 amide bonds. The summed E-state index contributed by atoms with van der Waals surface area (Å²) in [6, 6.07) is 9.98.